The molecule has 0 aromatic heterocycles. The molecule has 3 rings (SSSR count). The van der Waals surface area contributed by atoms with E-state index in [9.17, 15) is 4.79 Å². The van der Waals surface area contributed by atoms with Gasteiger partial charge in [0.25, 0.3) is 0 Å². The van der Waals surface area contributed by atoms with Crippen molar-refractivity contribution >= 4 is 5.78 Å². The number of para-hydroxylation sites is 1. The molecular formula is C16H20O2. The van der Waals surface area contributed by atoms with Gasteiger partial charge in [-0.05, 0) is 37.3 Å². The molecule has 1 aromatic rings. The number of hydrogen-bond donors (Lipinski definition) is 0. The van der Waals surface area contributed by atoms with Crippen LogP contribution < -0.4 is 4.74 Å². The molecule has 2 aliphatic rings. The normalized spacial score (nSPS) is 29.8. The fourth-order valence-corrected chi connectivity index (χ4v) is 3.43. The fourth-order valence-electron chi connectivity index (χ4n) is 3.43. The van der Waals surface area contributed by atoms with Crippen LogP contribution in [0.25, 0.3) is 0 Å². The smallest absolute Gasteiger partial charge is 0.138 e. The van der Waals surface area contributed by atoms with Crippen molar-refractivity contribution in [3.8, 4) is 5.75 Å². The molecule has 0 amide bonds. The first-order valence-corrected chi connectivity index (χ1v) is 6.81. The number of carbonyl (C=O) groups is 1. The van der Waals surface area contributed by atoms with Gasteiger partial charge in [-0.1, -0.05) is 32.0 Å². The lowest BCUT2D eigenvalue weighted by Gasteiger charge is -2.46. The van der Waals surface area contributed by atoms with E-state index in [1.807, 2.05) is 6.07 Å². The summed E-state index contributed by atoms with van der Waals surface area (Å²) in [6.45, 7) is 4.11. The highest BCUT2D eigenvalue weighted by Gasteiger charge is 2.47. The molecule has 1 unspecified atom stereocenters. The van der Waals surface area contributed by atoms with E-state index in [0.717, 1.165) is 31.4 Å². The average molecular weight is 244 g/mol. The Morgan fingerprint density at radius 3 is 2.61 bits per heavy atom. The van der Waals surface area contributed by atoms with Crippen LogP contribution >= 0.6 is 0 Å². The summed E-state index contributed by atoms with van der Waals surface area (Å²) in [7, 11) is 0. The Labute approximate surface area is 108 Å². The van der Waals surface area contributed by atoms with E-state index >= 15 is 0 Å². The minimum Gasteiger partial charge on any atom is -0.487 e. The standard InChI is InChI=1S/C16H20O2/c1-15(2)11-16(10-8-14(15)17)9-7-12-5-3-4-6-13(12)18-16/h3-6H,7-11H2,1-2H3. The van der Waals surface area contributed by atoms with Crippen molar-refractivity contribution in [2.75, 3.05) is 0 Å². The van der Waals surface area contributed by atoms with Crippen molar-refractivity contribution in [2.24, 2.45) is 5.41 Å². The zero-order valence-corrected chi connectivity index (χ0v) is 11.2. The first-order chi connectivity index (χ1) is 8.51. The van der Waals surface area contributed by atoms with Crippen LogP contribution in [0.2, 0.25) is 0 Å². The molecule has 1 fully saturated rings. The second kappa shape index (κ2) is 3.84. The molecule has 0 saturated heterocycles. The molecule has 18 heavy (non-hydrogen) atoms. The maximum atomic E-state index is 11.9. The second-order valence-corrected chi connectivity index (χ2v) is 6.38. The summed E-state index contributed by atoms with van der Waals surface area (Å²) in [5, 5.41) is 0. The van der Waals surface area contributed by atoms with Gasteiger partial charge in [0.15, 0.2) is 0 Å². The number of Topliss-reactive ketones (excluding diaryl/α,β-unsaturated/α-hetero) is 1. The lowest BCUT2D eigenvalue weighted by Crippen LogP contribution is -2.49. The van der Waals surface area contributed by atoms with Crippen LogP contribution in [-0.2, 0) is 11.2 Å². The third-order valence-corrected chi connectivity index (χ3v) is 4.48. The van der Waals surface area contributed by atoms with E-state index < -0.39 is 0 Å². The zero-order valence-electron chi connectivity index (χ0n) is 11.2. The number of benzene rings is 1. The Bertz CT molecular complexity index is 490. The number of carbonyl (C=O) groups excluding carboxylic acids is 1. The van der Waals surface area contributed by atoms with Gasteiger partial charge in [-0.3, -0.25) is 4.79 Å². The molecule has 96 valence electrons. The summed E-state index contributed by atoms with van der Waals surface area (Å²) in [6.07, 6.45) is 4.51. The topological polar surface area (TPSA) is 26.3 Å². The Kier molecular flexibility index (Phi) is 2.51. The summed E-state index contributed by atoms with van der Waals surface area (Å²) < 4.78 is 6.29. The van der Waals surface area contributed by atoms with Gasteiger partial charge in [0.1, 0.15) is 17.1 Å². The van der Waals surface area contributed by atoms with Crippen molar-refractivity contribution in [3.63, 3.8) is 0 Å². The van der Waals surface area contributed by atoms with E-state index in [0.29, 0.717) is 12.2 Å². The quantitative estimate of drug-likeness (QED) is 0.698. The first-order valence-electron chi connectivity index (χ1n) is 6.81. The van der Waals surface area contributed by atoms with E-state index in [-0.39, 0.29) is 11.0 Å². The fraction of sp³-hybridized carbons (Fsp3) is 0.562. The van der Waals surface area contributed by atoms with E-state index in [1.54, 1.807) is 0 Å². The molecule has 1 aliphatic carbocycles. The highest BCUT2D eigenvalue weighted by Crippen LogP contribution is 2.46. The van der Waals surface area contributed by atoms with E-state index in [1.165, 1.54) is 5.56 Å². The molecule has 1 saturated carbocycles. The van der Waals surface area contributed by atoms with Crippen molar-refractivity contribution in [3.05, 3.63) is 29.8 Å². The van der Waals surface area contributed by atoms with E-state index in [4.69, 9.17) is 4.74 Å². The van der Waals surface area contributed by atoms with Crippen LogP contribution in [0.3, 0.4) is 0 Å². The third-order valence-electron chi connectivity index (χ3n) is 4.48. The maximum absolute atomic E-state index is 11.9. The molecule has 2 heteroatoms. The number of ether oxygens (including phenoxy) is 1. The van der Waals surface area contributed by atoms with Gasteiger partial charge in [0.05, 0.1) is 0 Å². The molecule has 0 N–H and O–H groups in total. The monoisotopic (exact) mass is 244 g/mol. The summed E-state index contributed by atoms with van der Waals surface area (Å²) in [6, 6.07) is 8.28. The highest BCUT2D eigenvalue weighted by molar-refractivity contribution is 5.85. The molecular weight excluding hydrogens is 224 g/mol. The van der Waals surface area contributed by atoms with Gasteiger partial charge >= 0.3 is 0 Å². The molecule has 1 heterocycles. The van der Waals surface area contributed by atoms with Gasteiger partial charge in [0.2, 0.25) is 0 Å². The zero-order chi connectivity index (χ0) is 12.8. The van der Waals surface area contributed by atoms with Crippen molar-refractivity contribution in [1.82, 2.24) is 0 Å². The molecule has 1 aromatic carbocycles. The van der Waals surface area contributed by atoms with Gasteiger partial charge in [-0.15, -0.1) is 0 Å². The number of aryl methyl sites for hydroxylation is 1. The summed E-state index contributed by atoms with van der Waals surface area (Å²) in [5.41, 5.74) is 0.967. The predicted molar refractivity (Wildman–Crippen MR) is 70.8 cm³/mol. The maximum Gasteiger partial charge on any atom is 0.138 e. The van der Waals surface area contributed by atoms with Crippen molar-refractivity contribution in [1.29, 1.82) is 0 Å². The first kappa shape index (κ1) is 11.8. The van der Waals surface area contributed by atoms with Gasteiger partial charge in [-0.2, -0.15) is 0 Å². The highest BCUT2D eigenvalue weighted by atomic mass is 16.5. The van der Waals surface area contributed by atoms with Crippen LogP contribution in [-0.4, -0.2) is 11.4 Å². The number of fused-ring (bicyclic) bond motifs is 1. The minimum atomic E-state index is -0.232. The van der Waals surface area contributed by atoms with Gasteiger partial charge in [0, 0.05) is 11.8 Å². The van der Waals surface area contributed by atoms with Crippen LogP contribution in [0.4, 0.5) is 0 Å². The molecule has 2 nitrogen and oxygen atoms in total. The third kappa shape index (κ3) is 1.84. The Morgan fingerprint density at radius 1 is 1.11 bits per heavy atom. The molecule has 1 aliphatic heterocycles. The summed E-state index contributed by atoms with van der Waals surface area (Å²) in [4.78, 5) is 11.9. The van der Waals surface area contributed by atoms with Crippen LogP contribution in [0.5, 0.6) is 5.75 Å². The summed E-state index contributed by atoms with van der Waals surface area (Å²) >= 11 is 0. The Balaban J connectivity index is 1.89. The van der Waals surface area contributed by atoms with Crippen LogP contribution in [0.15, 0.2) is 24.3 Å². The van der Waals surface area contributed by atoms with Crippen molar-refractivity contribution < 1.29 is 9.53 Å². The van der Waals surface area contributed by atoms with Crippen LogP contribution in [0, 0.1) is 5.41 Å². The predicted octanol–water partition coefficient (Wildman–Crippen LogP) is 3.53. The molecule has 0 bridgehead atoms. The Hall–Kier alpha value is -1.31. The van der Waals surface area contributed by atoms with E-state index in [2.05, 4.69) is 32.0 Å². The number of hydrogen-bond acceptors (Lipinski definition) is 2. The largest absolute Gasteiger partial charge is 0.487 e. The molecule has 0 radical (unpaired) electrons. The summed E-state index contributed by atoms with van der Waals surface area (Å²) in [5.74, 6) is 1.41. The Morgan fingerprint density at radius 2 is 1.83 bits per heavy atom. The average Bonchev–Trinajstić information content (AvgIpc) is 2.34. The lowest BCUT2D eigenvalue weighted by molar-refractivity contribution is -0.137. The number of ketones is 1. The van der Waals surface area contributed by atoms with Crippen LogP contribution in [0.1, 0.15) is 45.1 Å². The van der Waals surface area contributed by atoms with Gasteiger partial charge < -0.3 is 4.74 Å². The SMILES string of the molecule is CC1(C)CC2(CCC1=O)CCc1ccccc1O2. The second-order valence-electron chi connectivity index (χ2n) is 6.38. The number of rotatable bonds is 0. The van der Waals surface area contributed by atoms with Crippen molar-refractivity contribution in [2.45, 2.75) is 51.6 Å². The van der Waals surface area contributed by atoms with Gasteiger partial charge in [-0.25, -0.2) is 0 Å². The molecule has 1 spiro atoms. The minimum absolute atomic E-state index is 0.105. The lowest BCUT2D eigenvalue weighted by atomic mass is 9.66. The molecule has 1 atom stereocenters.